The van der Waals surface area contributed by atoms with Crippen molar-refractivity contribution >= 4 is 11.6 Å². The van der Waals surface area contributed by atoms with Gasteiger partial charge in [-0.1, -0.05) is 83.1 Å². The van der Waals surface area contributed by atoms with E-state index in [0.29, 0.717) is 0 Å². The molecular formula is C28H41N3O2. The molecule has 0 aromatic heterocycles. The average molecular weight is 452 g/mol. The van der Waals surface area contributed by atoms with E-state index in [1.165, 1.54) is 22.3 Å². The summed E-state index contributed by atoms with van der Waals surface area (Å²) in [5, 5.41) is 8.44. The molecule has 0 fully saturated rings. The Morgan fingerprint density at radius 3 is 2.30 bits per heavy atom. The van der Waals surface area contributed by atoms with E-state index in [2.05, 4.69) is 65.9 Å². The number of aryl methyl sites for hydroxylation is 1. The Morgan fingerprint density at radius 2 is 1.67 bits per heavy atom. The first-order chi connectivity index (χ1) is 16.0. The molecule has 0 spiro atoms. The van der Waals surface area contributed by atoms with E-state index in [-0.39, 0.29) is 11.6 Å². The third-order valence-electron chi connectivity index (χ3n) is 5.73. The highest BCUT2D eigenvalue weighted by Gasteiger charge is 2.28. The molecule has 2 aromatic carbocycles. The summed E-state index contributed by atoms with van der Waals surface area (Å²) in [6.07, 6.45) is 4.24. The Morgan fingerprint density at radius 1 is 1.00 bits per heavy atom. The van der Waals surface area contributed by atoms with E-state index in [0.717, 1.165) is 42.9 Å². The van der Waals surface area contributed by atoms with Gasteiger partial charge in [0, 0.05) is 24.5 Å². The SMILES string of the molecule is CC.CC.CO/N=C1/c2ccccc2-c2ccc(CCCC(C)(C)CC3NN=C(C)O3)cc21. The van der Waals surface area contributed by atoms with E-state index in [1.807, 2.05) is 40.7 Å². The van der Waals surface area contributed by atoms with Gasteiger partial charge in [0.25, 0.3) is 0 Å². The lowest BCUT2D eigenvalue weighted by atomic mass is 9.82. The molecule has 5 heteroatoms. The fourth-order valence-electron chi connectivity index (χ4n) is 4.32. The van der Waals surface area contributed by atoms with Crippen molar-refractivity contribution in [2.24, 2.45) is 15.7 Å². The maximum atomic E-state index is 5.69. The standard InChI is InChI=1S/C24H29N3O2.2C2H6/c1-16-25-26-22(29-16)15-24(2,3)13-7-8-17-11-12-19-18-9-5-6-10-20(18)23(27-28-4)21(19)14-17;2*1-2/h5-6,9-12,14,22,26H,7-8,13,15H2,1-4H3;2*1-2H3/b27-23-;;. The summed E-state index contributed by atoms with van der Waals surface area (Å²) in [5.74, 6) is 0.721. The van der Waals surface area contributed by atoms with E-state index in [9.17, 15) is 0 Å². The van der Waals surface area contributed by atoms with Gasteiger partial charge in [-0.3, -0.25) is 5.43 Å². The smallest absolute Gasteiger partial charge is 0.204 e. The van der Waals surface area contributed by atoms with Crippen LogP contribution in [0.5, 0.6) is 0 Å². The second-order valence-corrected chi connectivity index (χ2v) is 8.64. The zero-order valence-corrected chi connectivity index (χ0v) is 21.7. The van der Waals surface area contributed by atoms with Crippen LogP contribution in [-0.4, -0.2) is 24.9 Å². The second-order valence-electron chi connectivity index (χ2n) is 8.64. The predicted molar refractivity (Wildman–Crippen MR) is 140 cm³/mol. The summed E-state index contributed by atoms with van der Waals surface area (Å²) in [6.45, 7) is 14.5. The lowest BCUT2D eigenvalue weighted by Gasteiger charge is -2.27. The van der Waals surface area contributed by atoms with Crippen LogP contribution in [0.4, 0.5) is 0 Å². The number of rotatable bonds is 7. The maximum Gasteiger partial charge on any atom is 0.204 e. The molecule has 1 heterocycles. The molecule has 1 aliphatic carbocycles. The molecular weight excluding hydrogens is 410 g/mol. The van der Waals surface area contributed by atoms with Crippen LogP contribution in [0.2, 0.25) is 0 Å². The summed E-state index contributed by atoms with van der Waals surface area (Å²) < 4.78 is 5.69. The molecule has 4 rings (SSSR count). The van der Waals surface area contributed by atoms with Gasteiger partial charge in [0.1, 0.15) is 12.8 Å². The van der Waals surface area contributed by atoms with Crippen molar-refractivity contribution < 1.29 is 9.57 Å². The van der Waals surface area contributed by atoms with Crippen molar-refractivity contribution in [3.63, 3.8) is 0 Å². The Hall–Kier alpha value is -2.82. The van der Waals surface area contributed by atoms with Gasteiger partial charge >= 0.3 is 0 Å². The van der Waals surface area contributed by atoms with E-state index < -0.39 is 0 Å². The number of hydrazone groups is 1. The summed E-state index contributed by atoms with van der Waals surface area (Å²) >= 11 is 0. The van der Waals surface area contributed by atoms with Crippen LogP contribution in [0.1, 0.15) is 84.4 Å². The van der Waals surface area contributed by atoms with Gasteiger partial charge in [-0.05, 0) is 47.4 Å². The van der Waals surface area contributed by atoms with Crippen LogP contribution in [0.25, 0.3) is 11.1 Å². The van der Waals surface area contributed by atoms with Gasteiger partial charge in [-0.15, -0.1) is 5.10 Å². The number of nitrogens with zero attached hydrogens (tertiary/aromatic N) is 2. The number of oxime groups is 1. The summed E-state index contributed by atoms with van der Waals surface area (Å²) in [7, 11) is 1.61. The molecule has 1 aliphatic heterocycles. The molecule has 33 heavy (non-hydrogen) atoms. The fraction of sp³-hybridized carbons (Fsp3) is 0.500. The molecule has 0 saturated heterocycles. The van der Waals surface area contributed by atoms with Gasteiger partial charge in [-0.25, -0.2) is 0 Å². The van der Waals surface area contributed by atoms with E-state index in [1.54, 1.807) is 7.11 Å². The first-order valence-electron chi connectivity index (χ1n) is 12.3. The van der Waals surface area contributed by atoms with Crippen molar-refractivity contribution in [3.8, 4) is 11.1 Å². The lowest BCUT2D eigenvalue weighted by molar-refractivity contribution is 0.115. The molecule has 0 saturated carbocycles. The number of fused-ring (bicyclic) bond motifs is 3. The second kappa shape index (κ2) is 12.4. The molecule has 1 atom stereocenters. The molecule has 180 valence electrons. The van der Waals surface area contributed by atoms with E-state index >= 15 is 0 Å². The highest BCUT2D eigenvalue weighted by Crippen LogP contribution is 2.38. The predicted octanol–water partition coefficient (Wildman–Crippen LogP) is 7.14. The number of ether oxygens (including phenoxy) is 1. The van der Waals surface area contributed by atoms with Gasteiger partial charge in [0.2, 0.25) is 5.90 Å². The van der Waals surface area contributed by atoms with Crippen molar-refractivity contribution in [2.75, 3.05) is 7.11 Å². The quantitative estimate of drug-likeness (QED) is 0.389. The van der Waals surface area contributed by atoms with Gasteiger partial charge in [0.15, 0.2) is 6.23 Å². The van der Waals surface area contributed by atoms with Gasteiger partial charge in [0.05, 0.1) is 0 Å². The first-order valence-corrected chi connectivity index (χ1v) is 12.3. The molecule has 2 aliphatic rings. The van der Waals surface area contributed by atoms with Gasteiger partial charge < -0.3 is 9.57 Å². The summed E-state index contributed by atoms with van der Waals surface area (Å²) in [4.78, 5) is 5.14. The normalized spacial score (nSPS) is 16.8. The van der Waals surface area contributed by atoms with Crippen molar-refractivity contribution in [1.29, 1.82) is 0 Å². The molecule has 2 aromatic rings. The monoisotopic (exact) mass is 451 g/mol. The zero-order valence-electron chi connectivity index (χ0n) is 21.7. The molecule has 5 nitrogen and oxygen atoms in total. The minimum absolute atomic E-state index is 0.00341. The Kier molecular flexibility index (Phi) is 9.95. The Bertz CT molecular complexity index is 963. The maximum absolute atomic E-state index is 5.69. The number of hydrogen-bond donors (Lipinski definition) is 1. The van der Waals surface area contributed by atoms with Gasteiger partial charge in [-0.2, -0.15) is 0 Å². The largest absolute Gasteiger partial charge is 0.455 e. The first kappa shape index (κ1) is 26.4. The molecule has 1 unspecified atom stereocenters. The average Bonchev–Trinajstić information content (AvgIpc) is 3.37. The van der Waals surface area contributed by atoms with Crippen molar-refractivity contribution in [1.82, 2.24) is 5.43 Å². The highest BCUT2D eigenvalue weighted by atomic mass is 16.6. The van der Waals surface area contributed by atoms with Crippen molar-refractivity contribution in [2.45, 2.75) is 80.4 Å². The highest BCUT2D eigenvalue weighted by molar-refractivity contribution is 6.24. The van der Waals surface area contributed by atoms with Crippen molar-refractivity contribution in [3.05, 3.63) is 59.2 Å². The molecule has 1 N–H and O–H groups in total. The minimum Gasteiger partial charge on any atom is -0.455 e. The van der Waals surface area contributed by atoms with Crippen LogP contribution in [0, 0.1) is 5.41 Å². The van der Waals surface area contributed by atoms with Crippen LogP contribution in [-0.2, 0) is 16.0 Å². The minimum atomic E-state index is -0.00341. The molecule has 0 bridgehead atoms. The molecule has 0 radical (unpaired) electrons. The number of benzene rings is 2. The molecule has 0 amide bonds. The lowest BCUT2D eigenvalue weighted by Crippen LogP contribution is -2.29. The third-order valence-corrected chi connectivity index (χ3v) is 5.73. The fourth-order valence-corrected chi connectivity index (χ4v) is 4.32. The topological polar surface area (TPSA) is 55.2 Å². The Balaban J connectivity index is 0.000000914. The van der Waals surface area contributed by atoms with Crippen LogP contribution >= 0.6 is 0 Å². The summed E-state index contributed by atoms with van der Waals surface area (Å²) in [5.41, 5.74) is 10.3. The number of hydrogen-bond acceptors (Lipinski definition) is 5. The van der Waals surface area contributed by atoms with Crippen LogP contribution in [0.15, 0.2) is 52.7 Å². The van der Waals surface area contributed by atoms with Crippen LogP contribution in [0.3, 0.4) is 0 Å². The Labute approximate surface area is 200 Å². The van der Waals surface area contributed by atoms with Crippen LogP contribution < -0.4 is 5.43 Å². The van der Waals surface area contributed by atoms with E-state index in [4.69, 9.17) is 9.57 Å². The number of nitrogens with one attached hydrogen (secondary N) is 1. The summed E-state index contributed by atoms with van der Waals surface area (Å²) in [6, 6.07) is 15.1. The zero-order chi connectivity index (χ0) is 24.4. The third kappa shape index (κ3) is 6.59.